The molecule has 0 aliphatic heterocycles. The second-order valence-electron chi connectivity index (χ2n) is 3.75. The Morgan fingerprint density at radius 3 is 2.79 bits per heavy atom. The third kappa shape index (κ3) is 2.11. The van der Waals surface area contributed by atoms with E-state index in [2.05, 4.69) is 25.9 Å². The number of thiazole rings is 1. The monoisotopic (exact) mass is 333 g/mol. The van der Waals surface area contributed by atoms with Gasteiger partial charge in [-0.3, -0.25) is 0 Å². The highest BCUT2D eigenvalue weighted by Crippen LogP contribution is 2.32. The molecule has 6 heteroatoms. The zero-order valence-electron chi connectivity index (χ0n) is 9.39. The Hall–Kier alpha value is -1.84. The first kappa shape index (κ1) is 12.2. The molecule has 0 bridgehead atoms. The third-order valence-corrected chi connectivity index (χ3v) is 4.06. The molecule has 0 unspecified atom stereocenters. The van der Waals surface area contributed by atoms with Gasteiger partial charge >= 0.3 is 0 Å². The molecule has 0 saturated heterocycles. The lowest BCUT2D eigenvalue weighted by Crippen LogP contribution is -1.90. The maximum atomic E-state index is 13.8. The van der Waals surface area contributed by atoms with Crippen LogP contribution in [0.4, 0.5) is 4.39 Å². The molecule has 3 rings (SSSR count). The lowest BCUT2D eigenvalue weighted by atomic mass is 10.1. The molecule has 19 heavy (non-hydrogen) atoms. The highest BCUT2D eigenvalue weighted by Gasteiger charge is 2.13. The van der Waals surface area contributed by atoms with E-state index < -0.39 is 0 Å². The number of pyridine rings is 1. The van der Waals surface area contributed by atoms with Crippen molar-refractivity contribution in [3.05, 3.63) is 45.6 Å². The molecule has 1 aromatic carbocycles. The van der Waals surface area contributed by atoms with E-state index in [1.54, 1.807) is 18.2 Å². The smallest absolute Gasteiger partial charge is 0.197 e. The summed E-state index contributed by atoms with van der Waals surface area (Å²) < 4.78 is 15.3. The van der Waals surface area contributed by atoms with E-state index in [-0.39, 0.29) is 5.82 Å². The Morgan fingerprint density at radius 1 is 1.26 bits per heavy atom. The molecule has 0 amide bonds. The Kier molecular flexibility index (Phi) is 3.01. The van der Waals surface area contributed by atoms with E-state index in [0.717, 1.165) is 4.70 Å². The predicted molar refractivity (Wildman–Crippen MR) is 75.2 cm³/mol. The molecule has 2 aromatic heterocycles. The molecule has 0 fully saturated rings. The van der Waals surface area contributed by atoms with Crippen LogP contribution in [0.5, 0.6) is 0 Å². The lowest BCUT2D eigenvalue weighted by molar-refractivity contribution is 0.630. The molecule has 3 nitrogen and oxygen atoms in total. The van der Waals surface area contributed by atoms with Crippen molar-refractivity contribution in [2.24, 2.45) is 0 Å². The van der Waals surface area contributed by atoms with Crippen molar-refractivity contribution in [3.63, 3.8) is 0 Å². The van der Waals surface area contributed by atoms with Crippen LogP contribution in [0.2, 0.25) is 0 Å². The minimum atomic E-state index is -0.342. The Labute approximate surface area is 120 Å². The van der Waals surface area contributed by atoms with Crippen LogP contribution in [0.15, 0.2) is 34.8 Å². The van der Waals surface area contributed by atoms with Crippen molar-refractivity contribution in [1.82, 2.24) is 9.97 Å². The van der Waals surface area contributed by atoms with Gasteiger partial charge in [-0.15, -0.1) is 11.3 Å². The summed E-state index contributed by atoms with van der Waals surface area (Å²) in [6, 6.07) is 10.2. The van der Waals surface area contributed by atoms with Gasteiger partial charge in [0, 0.05) is 10.0 Å². The van der Waals surface area contributed by atoms with Gasteiger partial charge in [-0.2, -0.15) is 5.26 Å². The molecule has 0 spiro atoms. The first-order valence-corrected chi connectivity index (χ1v) is 6.92. The van der Waals surface area contributed by atoms with Gasteiger partial charge in [0.1, 0.15) is 11.9 Å². The van der Waals surface area contributed by atoms with Crippen molar-refractivity contribution in [2.75, 3.05) is 0 Å². The van der Waals surface area contributed by atoms with Gasteiger partial charge < -0.3 is 0 Å². The second kappa shape index (κ2) is 4.68. The summed E-state index contributed by atoms with van der Waals surface area (Å²) in [6.07, 6.45) is 0. The SMILES string of the molecule is N#Cc1nc2nc(-c3ccccc3F)c(Br)cc2s1. The van der Waals surface area contributed by atoms with Crippen LogP contribution in [-0.4, -0.2) is 9.97 Å². The second-order valence-corrected chi connectivity index (χ2v) is 5.64. The van der Waals surface area contributed by atoms with E-state index in [9.17, 15) is 4.39 Å². The van der Waals surface area contributed by atoms with Crippen molar-refractivity contribution in [2.45, 2.75) is 0 Å². The topological polar surface area (TPSA) is 49.6 Å². The van der Waals surface area contributed by atoms with Crippen molar-refractivity contribution < 1.29 is 4.39 Å². The normalized spacial score (nSPS) is 10.6. The Balaban J connectivity index is 2.28. The van der Waals surface area contributed by atoms with Crippen LogP contribution < -0.4 is 0 Å². The molecule has 0 aliphatic carbocycles. The third-order valence-electron chi connectivity index (χ3n) is 2.56. The summed E-state index contributed by atoms with van der Waals surface area (Å²) >= 11 is 4.65. The van der Waals surface area contributed by atoms with E-state index >= 15 is 0 Å². The van der Waals surface area contributed by atoms with Gasteiger partial charge in [0.15, 0.2) is 10.7 Å². The fourth-order valence-electron chi connectivity index (χ4n) is 1.73. The molecule has 3 aromatic rings. The number of rotatable bonds is 1. The first-order valence-electron chi connectivity index (χ1n) is 5.31. The molecule has 0 aliphatic rings. The molecular weight excluding hydrogens is 329 g/mol. The predicted octanol–water partition coefficient (Wildman–Crippen LogP) is 4.13. The number of halogens is 2. The van der Waals surface area contributed by atoms with Crippen LogP contribution in [-0.2, 0) is 0 Å². The largest absolute Gasteiger partial charge is 0.226 e. The number of hydrogen-bond acceptors (Lipinski definition) is 4. The van der Waals surface area contributed by atoms with E-state index in [1.165, 1.54) is 17.4 Å². The molecule has 0 atom stereocenters. The zero-order chi connectivity index (χ0) is 13.4. The van der Waals surface area contributed by atoms with Crippen LogP contribution in [0.1, 0.15) is 5.01 Å². The van der Waals surface area contributed by atoms with Crippen molar-refractivity contribution in [3.8, 4) is 17.3 Å². The van der Waals surface area contributed by atoms with E-state index in [4.69, 9.17) is 5.26 Å². The summed E-state index contributed by atoms with van der Waals surface area (Å²) in [7, 11) is 0. The first-order chi connectivity index (χ1) is 9.19. The number of nitrogens with zero attached hydrogens (tertiary/aromatic N) is 3. The van der Waals surface area contributed by atoms with Crippen molar-refractivity contribution in [1.29, 1.82) is 5.26 Å². The number of nitriles is 1. The lowest BCUT2D eigenvalue weighted by Gasteiger charge is -2.04. The van der Waals surface area contributed by atoms with Gasteiger partial charge in [-0.25, -0.2) is 14.4 Å². The van der Waals surface area contributed by atoms with Gasteiger partial charge in [0.25, 0.3) is 0 Å². The molecule has 0 saturated carbocycles. The van der Waals surface area contributed by atoms with Gasteiger partial charge in [0.05, 0.1) is 10.4 Å². The van der Waals surface area contributed by atoms with Gasteiger partial charge in [-0.05, 0) is 34.1 Å². The van der Waals surface area contributed by atoms with Gasteiger partial charge in [0.2, 0.25) is 0 Å². The molecule has 2 heterocycles. The molecule has 92 valence electrons. The number of fused-ring (bicyclic) bond motifs is 1. The molecular formula is C13H5BrFN3S. The standard InChI is InChI=1S/C13H5BrFN3S/c14-8-5-10-13(17-11(6-16)19-10)18-12(8)7-3-1-2-4-9(7)15/h1-5H. The molecule has 0 N–H and O–H groups in total. The average molecular weight is 334 g/mol. The van der Waals surface area contributed by atoms with Crippen LogP contribution in [0.3, 0.4) is 0 Å². The summed E-state index contributed by atoms with van der Waals surface area (Å²) in [5, 5.41) is 9.18. The summed E-state index contributed by atoms with van der Waals surface area (Å²) in [4.78, 5) is 8.43. The number of hydrogen-bond donors (Lipinski definition) is 0. The van der Waals surface area contributed by atoms with Crippen LogP contribution in [0, 0.1) is 17.1 Å². The quantitative estimate of drug-likeness (QED) is 0.672. The highest BCUT2D eigenvalue weighted by atomic mass is 79.9. The fraction of sp³-hybridized carbons (Fsp3) is 0. The maximum absolute atomic E-state index is 13.8. The minimum Gasteiger partial charge on any atom is -0.226 e. The number of aromatic nitrogens is 2. The van der Waals surface area contributed by atoms with Crippen LogP contribution in [0.25, 0.3) is 21.6 Å². The highest BCUT2D eigenvalue weighted by molar-refractivity contribution is 9.10. The summed E-state index contributed by atoms with van der Waals surface area (Å²) in [5.41, 5.74) is 1.35. The van der Waals surface area contributed by atoms with Crippen molar-refractivity contribution >= 4 is 37.6 Å². The zero-order valence-corrected chi connectivity index (χ0v) is 11.8. The Bertz CT molecular complexity index is 822. The average Bonchev–Trinajstić information content (AvgIpc) is 2.80. The van der Waals surface area contributed by atoms with E-state index in [1.807, 2.05) is 12.1 Å². The van der Waals surface area contributed by atoms with Gasteiger partial charge in [-0.1, -0.05) is 12.1 Å². The molecule has 0 radical (unpaired) electrons. The summed E-state index contributed by atoms with van der Waals surface area (Å²) in [5.74, 6) is -0.342. The summed E-state index contributed by atoms with van der Waals surface area (Å²) in [6.45, 7) is 0. The fourth-order valence-corrected chi connectivity index (χ4v) is 3.16. The minimum absolute atomic E-state index is 0.342. The Morgan fingerprint density at radius 2 is 2.05 bits per heavy atom. The van der Waals surface area contributed by atoms with Crippen LogP contribution >= 0.6 is 27.3 Å². The number of benzene rings is 1. The van der Waals surface area contributed by atoms with E-state index in [0.29, 0.717) is 26.4 Å². The maximum Gasteiger partial charge on any atom is 0.197 e.